The van der Waals surface area contributed by atoms with Crippen LogP contribution in [0.15, 0.2) is 48.5 Å². The molecule has 0 bridgehead atoms. The van der Waals surface area contributed by atoms with Crippen LogP contribution in [-0.4, -0.2) is 41.0 Å². The standard InChI is InChI=1S/C33H49N3O4/c1-9-10-14-19-36(31(38)28(20-23(2)3)35-32(39)40-33(6,7)8)29(27-18-17-24(4)25(5)21-27)30(37)34-22-26-15-12-11-13-16-26/h11-13,15-18,21,23,28-29H,9-10,14,19-20,22H2,1-8H3,(H,34,37)(H,35,39). The van der Waals surface area contributed by atoms with Crippen molar-refractivity contribution >= 4 is 17.9 Å². The molecule has 2 unspecified atom stereocenters. The highest BCUT2D eigenvalue weighted by Crippen LogP contribution is 2.26. The molecule has 2 N–H and O–H groups in total. The fraction of sp³-hybridized carbons (Fsp3) is 0.545. The summed E-state index contributed by atoms with van der Waals surface area (Å²) in [6, 6.07) is 13.9. The lowest BCUT2D eigenvalue weighted by atomic mass is 9.96. The number of alkyl carbamates (subject to hydrolysis) is 1. The fourth-order valence-corrected chi connectivity index (χ4v) is 4.53. The third-order valence-corrected chi connectivity index (χ3v) is 6.70. The Kier molecular flexibility index (Phi) is 12.7. The Bertz CT molecular complexity index is 1110. The van der Waals surface area contributed by atoms with Crippen LogP contribution in [0.4, 0.5) is 4.79 Å². The first-order valence-corrected chi connectivity index (χ1v) is 14.5. The summed E-state index contributed by atoms with van der Waals surface area (Å²) in [6.07, 6.45) is 2.42. The lowest BCUT2D eigenvalue weighted by Crippen LogP contribution is -2.53. The van der Waals surface area contributed by atoms with E-state index in [9.17, 15) is 14.4 Å². The molecule has 220 valence electrons. The maximum Gasteiger partial charge on any atom is 0.408 e. The molecule has 0 aromatic heterocycles. The Labute approximate surface area is 241 Å². The number of rotatable bonds is 13. The molecule has 0 radical (unpaired) electrons. The fourth-order valence-electron chi connectivity index (χ4n) is 4.53. The summed E-state index contributed by atoms with van der Waals surface area (Å²) in [5, 5.41) is 5.88. The number of nitrogens with zero attached hydrogens (tertiary/aromatic N) is 1. The van der Waals surface area contributed by atoms with E-state index in [0.717, 1.165) is 41.5 Å². The van der Waals surface area contributed by atoms with Gasteiger partial charge in [-0.1, -0.05) is 82.1 Å². The lowest BCUT2D eigenvalue weighted by Gasteiger charge is -2.35. The minimum Gasteiger partial charge on any atom is -0.444 e. The van der Waals surface area contributed by atoms with Gasteiger partial charge in [0.1, 0.15) is 17.7 Å². The molecule has 7 heteroatoms. The van der Waals surface area contributed by atoms with Gasteiger partial charge in [0.05, 0.1) is 0 Å². The van der Waals surface area contributed by atoms with E-state index < -0.39 is 23.8 Å². The molecule has 7 nitrogen and oxygen atoms in total. The van der Waals surface area contributed by atoms with Crippen molar-refractivity contribution in [3.8, 4) is 0 Å². The van der Waals surface area contributed by atoms with Crippen LogP contribution >= 0.6 is 0 Å². The molecular weight excluding hydrogens is 502 g/mol. The van der Waals surface area contributed by atoms with Gasteiger partial charge in [-0.25, -0.2) is 4.79 Å². The third kappa shape index (κ3) is 10.7. The van der Waals surface area contributed by atoms with Crippen LogP contribution < -0.4 is 10.6 Å². The zero-order valence-electron chi connectivity index (χ0n) is 25.7. The predicted molar refractivity (Wildman–Crippen MR) is 161 cm³/mol. The van der Waals surface area contributed by atoms with Gasteiger partial charge in [0.2, 0.25) is 11.8 Å². The zero-order valence-corrected chi connectivity index (χ0v) is 25.7. The molecule has 3 amide bonds. The number of ether oxygens (including phenoxy) is 1. The third-order valence-electron chi connectivity index (χ3n) is 6.70. The summed E-state index contributed by atoms with van der Waals surface area (Å²) in [5.74, 6) is -0.403. The van der Waals surface area contributed by atoms with E-state index in [4.69, 9.17) is 4.74 Å². The summed E-state index contributed by atoms with van der Waals surface area (Å²) < 4.78 is 5.49. The Morgan fingerprint density at radius 3 is 2.20 bits per heavy atom. The highest BCUT2D eigenvalue weighted by Gasteiger charge is 2.36. The maximum atomic E-state index is 14.3. The van der Waals surface area contributed by atoms with E-state index in [1.165, 1.54) is 0 Å². The van der Waals surface area contributed by atoms with E-state index in [1.807, 2.05) is 76.2 Å². The molecule has 2 aromatic rings. The summed E-state index contributed by atoms with van der Waals surface area (Å²) in [4.78, 5) is 42.7. The summed E-state index contributed by atoms with van der Waals surface area (Å²) in [5.41, 5.74) is 3.18. The van der Waals surface area contributed by atoms with Crippen LogP contribution in [0.5, 0.6) is 0 Å². The first-order chi connectivity index (χ1) is 18.8. The van der Waals surface area contributed by atoms with Crippen LogP contribution in [0.1, 0.15) is 95.5 Å². The van der Waals surface area contributed by atoms with Crippen molar-refractivity contribution in [1.82, 2.24) is 15.5 Å². The van der Waals surface area contributed by atoms with Crippen molar-refractivity contribution in [2.45, 2.75) is 105 Å². The second kappa shape index (κ2) is 15.4. The van der Waals surface area contributed by atoms with Gasteiger partial charge in [-0.05, 0) is 75.6 Å². The molecule has 0 saturated heterocycles. The predicted octanol–water partition coefficient (Wildman–Crippen LogP) is 6.62. The average Bonchev–Trinajstić information content (AvgIpc) is 2.87. The topological polar surface area (TPSA) is 87.7 Å². The number of benzene rings is 2. The van der Waals surface area contributed by atoms with Gasteiger partial charge in [-0.15, -0.1) is 0 Å². The molecule has 2 rings (SSSR count). The number of nitrogens with one attached hydrogen (secondary N) is 2. The monoisotopic (exact) mass is 551 g/mol. The van der Waals surface area contributed by atoms with E-state index in [1.54, 1.807) is 25.7 Å². The Morgan fingerprint density at radius 2 is 1.62 bits per heavy atom. The highest BCUT2D eigenvalue weighted by atomic mass is 16.6. The number of amides is 3. The molecule has 0 fully saturated rings. The average molecular weight is 552 g/mol. The van der Waals surface area contributed by atoms with Crippen LogP contribution in [0.3, 0.4) is 0 Å². The van der Waals surface area contributed by atoms with Crippen LogP contribution in [0.2, 0.25) is 0 Å². The first kappa shape index (κ1) is 32.9. The molecule has 0 aliphatic rings. The normalized spacial score (nSPS) is 12.9. The Balaban J connectivity index is 2.50. The van der Waals surface area contributed by atoms with E-state index in [-0.39, 0.29) is 17.7 Å². The summed E-state index contributed by atoms with van der Waals surface area (Å²) >= 11 is 0. The van der Waals surface area contributed by atoms with Gasteiger partial charge < -0.3 is 20.3 Å². The van der Waals surface area contributed by atoms with Crippen molar-refractivity contribution in [1.29, 1.82) is 0 Å². The van der Waals surface area contributed by atoms with Gasteiger partial charge in [-0.3, -0.25) is 9.59 Å². The largest absolute Gasteiger partial charge is 0.444 e. The van der Waals surface area contributed by atoms with Crippen LogP contribution in [0, 0.1) is 19.8 Å². The molecule has 2 aromatic carbocycles. The quantitative estimate of drug-likeness (QED) is 0.274. The number of carbonyl (C=O) groups is 3. The van der Waals surface area contributed by atoms with Gasteiger partial charge in [0, 0.05) is 13.1 Å². The SMILES string of the molecule is CCCCCN(C(=O)C(CC(C)C)NC(=O)OC(C)(C)C)C(C(=O)NCc1ccccc1)c1ccc(C)c(C)c1. The lowest BCUT2D eigenvalue weighted by molar-refractivity contribution is -0.143. The maximum absolute atomic E-state index is 14.3. The number of carbonyl (C=O) groups excluding carboxylic acids is 3. The van der Waals surface area contributed by atoms with Crippen molar-refractivity contribution in [3.63, 3.8) is 0 Å². The van der Waals surface area contributed by atoms with Gasteiger partial charge >= 0.3 is 6.09 Å². The Hall–Kier alpha value is -3.35. The number of hydrogen-bond donors (Lipinski definition) is 2. The minimum atomic E-state index is -0.845. The Morgan fingerprint density at radius 1 is 0.950 bits per heavy atom. The first-order valence-electron chi connectivity index (χ1n) is 14.5. The molecule has 0 heterocycles. The molecule has 2 atom stereocenters. The summed E-state index contributed by atoms with van der Waals surface area (Å²) in [7, 11) is 0. The van der Waals surface area contributed by atoms with E-state index in [2.05, 4.69) is 17.6 Å². The second-order valence-electron chi connectivity index (χ2n) is 12.0. The van der Waals surface area contributed by atoms with Crippen molar-refractivity contribution < 1.29 is 19.1 Å². The molecule has 0 aliphatic carbocycles. The van der Waals surface area contributed by atoms with Crippen molar-refractivity contribution in [2.24, 2.45) is 5.92 Å². The second-order valence-corrected chi connectivity index (χ2v) is 12.0. The van der Waals surface area contributed by atoms with Crippen LogP contribution in [-0.2, 0) is 20.9 Å². The smallest absolute Gasteiger partial charge is 0.408 e. The molecule has 0 saturated carbocycles. The molecule has 40 heavy (non-hydrogen) atoms. The van der Waals surface area contributed by atoms with Crippen molar-refractivity contribution in [3.05, 3.63) is 70.8 Å². The number of aryl methyl sites for hydroxylation is 2. The molecule has 0 aliphatic heterocycles. The van der Waals surface area contributed by atoms with Gasteiger partial charge in [-0.2, -0.15) is 0 Å². The van der Waals surface area contributed by atoms with Crippen molar-refractivity contribution in [2.75, 3.05) is 6.54 Å². The number of hydrogen-bond acceptors (Lipinski definition) is 4. The van der Waals surface area contributed by atoms with Crippen LogP contribution in [0.25, 0.3) is 0 Å². The number of unbranched alkanes of at least 4 members (excludes halogenated alkanes) is 2. The highest BCUT2D eigenvalue weighted by molar-refractivity contribution is 5.92. The van der Waals surface area contributed by atoms with Gasteiger partial charge in [0.15, 0.2) is 0 Å². The zero-order chi connectivity index (χ0) is 29.9. The summed E-state index contributed by atoms with van der Waals surface area (Å²) in [6.45, 7) is 16.3. The molecule has 0 spiro atoms. The molecular formula is C33H49N3O4. The van der Waals surface area contributed by atoms with E-state index >= 15 is 0 Å². The minimum absolute atomic E-state index is 0.133. The van der Waals surface area contributed by atoms with Gasteiger partial charge in [0.25, 0.3) is 0 Å². The van der Waals surface area contributed by atoms with E-state index in [0.29, 0.717) is 19.5 Å².